The van der Waals surface area contributed by atoms with Crippen molar-refractivity contribution in [1.82, 2.24) is 0 Å². The molecule has 0 aliphatic carbocycles. The summed E-state index contributed by atoms with van der Waals surface area (Å²) < 4.78 is 0. The summed E-state index contributed by atoms with van der Waals surface area (Å²) in [6.45, 7) is 4.46. The average molecular weight is 135 g/mol. The highest BCUT2D eigenvalue weighted by atomic mass is 32.1. The Hall–Kier alpha value is 0.310. The molecule has 2 heteroatoms. The Balaban J connectivity index is 0. The fourth-order valence-corrected chi connectivity index (χ4v) is 0.500. The molecule has 0 bridgehead atoms. The number of nitrogens with two attached hydrogens (primary N) is 1. The van der Waals surface area contributed by atoms with Gasteiger partial charge in [0.05, 0.1) is 0 Å². The highest BCUT2D eigenvalue weighted by Gasteiger charge is 1.75. The first-order chi connectivity index (χ1) is 3.91. The second-order valence-electron chi connectivity index (χ2n) is 1.71. The van der Waals surface area contributed by atoms with Gasteiger partial charge in [-0.25, -0.2) is 0 Å². The van der Waals surface area contributed by atoms with E-state index in [1.165, 1.54) is 25.7 Å². The molecule has 0 heterocycles. The van der Waals surface area contributed by atoms with Gasteiger partial charge in [-0.15, -0.1) is 12.8 Å². The first-order valence-electron chi connectivity index (χ1n) is 3.17. The van der Waals surface area contributed by atoms with E-state index < -0.39 is 0 Å². The Bertz CT molecular complexity index is 20.5. The number of hydrogen-bond acceptors (Lipinski definition) is 2. The highest BCUT2D eigenvalue weighted by molar-refractivity contribution is 7.77. The topological polar surface area (TPSA) is 26.0 Å². The molecule has 52 valence electrons. The molecule has 0 unspecified atom stereocenters. The predicted octanol–water partition coefficient (Wildman–Crippen LogP) is 2.38. The SMILES string of the molecule is CCCCCC.NS. The molecule has 0 spiro atoms. The van der Waals surface area contributed by atoms with E-state index in [0.29, 0.717) is 0 Å². The second kappa shape index (κ2) is 15.7. The van der Waals surface area contributed by atoms with Gasteiger partial charge in [-0.1, -0.05) is 39.5 Å². The van der Waals surface area contributed by atoms with Crippen molar-refractivity contribution in [3.05, 3.63) is 0 Å². The van der Waals surface area contributed by atoms with E-state index in [1.54, 1.807) is 0 Å². The molecule has 0 aromatic carbocycles. The number of thiol groups is 1. The zero-order valence-corrected chi connectivity index (χ0v) is 6.75. The largest absolute Gasteiger partial charge is 0.281 e. The van der Waals surface area contributed by atoms with Crippen molar-refractivity contribution in [3.63, 3.8) is 0 Å². The summed E-state index contributed by atoms with van der Waals surface area (Å²) in [5.41, 5.74) is 0. The predicted molar refractivity (Wildman–Crippen MR) is 43.0 cm³/mol. The summed E-state index contributed by atoms with van der Waals surface area (Å²) in [7, 11) is 0. The first kappa shape index (κ1) is 11.2. The Morgan fingerprint density at radius 1 is 1.00 bits per heavy atom. The Labute approximate surface area is 58.2 Å². The van der Waals surface area contributed by atoms with Gasteiger partial charge in [0.25, 0.3) is 0 Å². The maximum Gasteiger partial charge on any atom is -0.0536 e. The van der Waals surface area contributed by atoms with Crippen LogP contribution >= 0.6 is 12.8 Å². The van der Waals surface area contributed by atoms with Crippen LogP contribution in [0, 0.1) is 0 Å². The third-order valence-corrected chi connectivity index (χ3v) is 0.957. The molecule has 0 amide bonds. The Morgan fingerprint density at radius 3 is 1.38 bits per heavy atom. The van der Waals surface area contributed by atoms with E-state index in [1.807, 2.05) is 0 Å². The van der Waals surface area contributed by atoms with E-state index in [4.69, 9.17) is 0 Å². The van der Waals surface area contributed by atoms with Crippen LogP contribution in [0.1, 0.15) is 39.5 Å². The van der Waals surface area contributed by atoms with Crippen LogP contribution in [0.3, 0.4) is 0 Å². The van der Waals surface area contributed by atoms with Crippen molar-refractivity contribution in [2.24, 2.45) is 5.14 Å². The van der Waals surface area contributed by atoms with Crippen LogP contribution in [-0.4, -0.2) is 0 Å². The van der Waals surface area contributed by atoms with Gasteiger partial charge in [-0.3, -0.25) is 5.14 Å². The second-order valence-corrected chi connectivity index (χ2v) is 1.71. The van der Waals surface area contributed by atoms with Gasteiger partial charge in [-0.2, -0.15) is 0 Å². The maximum atomic E-state index is 4.19. The summed E-state index contributed by atoms with van der Waals surface area (Å²) in [6, 6.07) is 0. The normalized spacial score (nSPS) is 7.50. The number of unbranched alkanes of at least 4 members (excludes halogenated alkanes) is 3. The van der Waals surface area contributed by atoms with Crippen molar-refractivity contribution >= 4 is 12.8 Å². The van der Waals surface area contributed by atoms with Crippen molar-refractivity contribution in [2.45, 2.75) is 39.5 Å². The van der Waals surface area contributed by atoms with Crippen LogP contribution in [0.2, 0.25) is 0 Å². The lowest BCUT2D eigenvalue weighted by Crippen LogP contribution is -1.66. The molecule has 2 N–H and O–H groups in total. The standard InChI is InChI=1S/C6H14.H3NS/c1-3-5-6-4-2;1-2/h3-6H2,1-2H3;2H,1H2. The molecule has 0 saturated heterocycles. The summed E-state index contributed by atoms with van der Waals surface area (Å²) >= 11 is 3.03. The summed E-state index contributed by atoms with van der Waals surface area (Å²) in [5.74, 6) is 0. The van der Waals surface area contributed by atoms with Crippen LogP contribution in [0.15, 0.2) is 0 Å². The number of hydrogen-bond donors (Lipinski definition) is 2. The minimum Gasteiger partial charge on any atom is -0.281 e. The molecule has 0 fully saturated rings. The van der Waals surface area contributed by atoms with Gasteiger partial charge in [0.2, 0.25) is 0 Å². The van der Waals surface area contributed by atoms with Gasteiger partial charge in [0.1, 0.15) is 0 Å². The summed E-state index contributed by atoms with van der Waals surface area (Å²) in [6.07, 6.45) is 5.54. The molecule has 0 aromatic rings. The first-order valence-corrected chi connectivity index (χ1v) is 3.69. The third kappa shape index (κ3) is 16.2. The summed E-state index contributed by atoms with van der Waals surface area (Å²) in [5, 5.41) is 4.19. The minimum atomic E-state index is 1.36. The fraction of sp³-hybridized carbons (Fsp3) is 1.00. The Kier molecular flexibility index (Phi) is 21.8. The van der Waals surface area contributed by atoms with Crippen LogP contribution in [0.5, 0.6) is 0 Å². The van der Waals surface area contributed by atoms with Crippen molar-refractivity contribution < 1.29 is 0 Å². The van der Waals surface area contributed by atoms with Gasteiger partial charge < -0.3 is 0 Å². The van der Waals surface area contributed by atoms with Crippen LogP contribution in [-0.2, 0) is 0 Å². The van der Waals surface area contributed by atoms with Gasteiger partial charge in [0.15, 0.2) is 0 Å². The third-order valence-electron chi connectivity index (χ3n) is 0.957. The molecule has 0 aromatic heterocycles. The molecule has 0 aliphatic rings. The minimum absolute atomic E-state index is 1.36. The zero-order chi connectivity index (χ0) is 6.83. The number of rotatable bonds is 3. The highest BCUT2D eigenvalue weighted by Crippen LogP contribution is 1.95. The lowest BCUT2D eigenvalue weighted by molar-refractivity contribution is 0.702. The van der Waals surface area contributed by atoms with Crippen molar-refractivity contribution in [2.75, 3.05) is 0 Å². The van der Waals surface area contributed by atoms with E-state index in [9.17, 15) is 0 Å². The molecule has 8 heavy (non-hydrogen) atoms. The molecular weight excluding hydrogens is 118 g/mol. The van der Waals surface area contributed by atoms with Crippen molar-refractivity contribution in [1.29, 1.82) is 0 Å². The molecule has 0 aliphatic heterocycles. The van der Waals surface area contributed by atoms with E-state index >= 15 is 0 Å². The lowest BCUT2D eigenvalue weighted by atomic mass is 10.2. The van der Waals surface area contributed by atoms with Crippen LogP contribution in [0.25, 0.3) is 0 Å². The smallest absolute Gasteiger partial charge is 0.0536 e. The van der Waals surface area contributed by atoms with Gasteiger partial charge in [0, 0.05) is 0 Å². The molecule has 0 atom stereocenters. The van der Waals surface area contributed by atoms with E-state index in [0.717, 1.165) is 0 Å². The average Bonchev–Trinajstić information content (AvgIpc) is 1.88. The Morgan fingerprint density at radius 2 is 1.25 bits per heavy atom. The molecular formula is C6H17NS. The monoisotopic (exact) mass is 135 g/mol. The maximum absolute atomic E-state index is 4.19. The van der Waals surface area contributed by atoms with Gasteiger partial charge in [-0.05, 0) is 0 Å². The van der Waals surface area contributed by atoms with Gasteiger partial charge >= 0.3 is 0 Å². The summed E-state index contributed by atoms with van der Waals surface area (Å²) in [4.78, 5) is 0. The molecule has 0 radical (unpaired) electrons. The molecule has 0 rings (SSSR count). The quantitative estimate of drug-likeness (QED) is 0.451. The van der Waals surface area contributed by atoms with Crippen LogP contribution < -0.4 is 5.14 Å². The zero-order valence-electron chi connectivity index (χ0n) is 5.85. The van der Waals surface area contributed by atoms with E-state index in [-0.39, 0.29) is 0 Å². The van der Waals surface area contributed by atoms with Crippen LogP contribution in [0.4, 0.5) is 0 Å². The molecule has 1 nitrogen and oxygen atoms in total. The van der Waals surface area contributed by atoms with Crippen molar-refractivity contribution in [3.8, 4) is 0 Å². The molecule has 0 saturated carbocycles. The lowest BCUT2D eigenvalue weighted by Gasteiger charge is -1.86. The van der Waals surface area contributed by atoms with E-state index in [2.05, 4.69) is 31.8 Å². The fourth-order valence-electron chi connectivity index (χ4n) is 0.500.